The van der Waals surface area contributed by atoms with Crippen LogP contribution in [0.1, 0.15) is 10.4 Å². The van der Waals surface area contributed by atoms with Gasteiger partial charge in [0.05, 0.1) is 12.4 Å². The van der Waals surface area contributed by atoms with Crippen LogP contribution < -0.4 is 10.1 Å². The average Bonchev–Trinajstić information content (AvgIpc) is 2.56. The lowest BCUT2D eigenvalue weighted by Gasteiger charge is -2.08. The third-order valence-electron chi connectivity index (χ3n) is 2.81. The van der Waals surface area contributed by atoms with Crippen molar-refractivity contribution in [1.82, 2.24) is 15.0 Å². The molecule has 0 atom stereocenters. The molecule has 3 rings (SSSR count). The number of hydrogen-bond donors (Lipinski definition) is 1. The maximum absolute atomic E-state index is 12.3. The van der Waals surface area contributed by atoms with E-state index in [-0.39, 0.29) is 5.91 Å². The fourth-order valence-electron chi connectivity index (χ4n) is 1.85. The van der Waals surface area contributed by atoms with Crippen LogP contribution in [-0.2, 0) is 0 Å². The van der Waals surface area contributed by atoms with E-state index in [4.69, 9.17) is 16.3 Å². The molecule has 0 spiro atoms. The molecule has 2 aromatic heterocycles. The van der Waals surface area contributed by atoms with Crippen LogP contribution in [-0.4, -0.2) is 20.9 Å². The van der Waals surface area contributed by atoms with Gasteiger partial charge in [-0.2, -0.15) is 0 Å². The number of aromatic nitrogens is 3. The highest BCUT2D eigenvalue weighted by Crippen LogP contribution is 2.25. The minimum absolute atomic E-state index is 0.333. The Balaban J connectivity index is 1.81. The normalized spacial score (nSPS) is 10.1. The molecule has 0 bridgehead atoms. The van der Waals surface area contributed by atoms with Gasteiger partial charge >= 0.3 is 0 Å². The van der Waals surface area contributed by atoms with Gasteiger partial charge in [-0.05, 0) is 30.3 Å². The van der Waals surface area contributed by atoms with Crippen LogP contribution in [0.4, 0.5) is 5.82 Å². The summed E-state index contributed by atoms with van der Waals surface area (Å²) in [6.45, 7) is 0. The van der Waals surface area contributed by atoms with Gasteiger partial charge in [0, 0.05) is 16.8 Å². The molecule has 0 aliphatic carbocycles. The summed E-state index contributed by atoms with van der Waals surface area (Å²) in [7, 11) is 0. The van der Waals surface area contributed by atoms with Crippen molar-refractivity contribution in [2.24, 2.45) is 0 Å². The number of benzene rings is 1. The van der Waals surface area contributed by atoms with Gasteiger partial charge in [-0.25, -0.2) is 15.0 Å². The first kappa shape index (κ1) is 14.9. The van der Waals surface area contributed by atoms with Crippen molar-refractivity contribution >= 4 is 23.3 Å². The predicted octanol–water partition coefficient (Wildman–Crippen LogP) is 3.57. The molecule has 0 fully saturated rings. The standard InChI is InChI=1S/C16H11ClN4O2/c17-12-5-11(16(22)21-15-3-1-2-4-20-15)6-13(7-12)23-14-8-18-10-19-9-14/h1-10H,(H,20,21,22). The molecule has 0 unspecified atom stereocenters. The zero-order chi connectivity index (χ0) is 16.1. The average molecular weight is 327 g/mol. The predicted molar refractivity (Wildman–Crippen MR) is 85.7 cm³/mol. The number of halogens is 1. The van der Waals surface area contributed by atoms with Gasteiger partial charge < -0.3 is 10.1 Å². The van der Waals surface area contributed by atoms with Crippen molar-refractivity contribution < 1.29 is 9.53 Å². The van der Waals surface area contributed by atoms with Crippen molar-refractivity contribution in [2.45, 2.75) is 0 Å². The van der Waals surface area contributed by atoms with Gasteiger partial charge in [0.1, 0.15) is 17.9 Å². The van der Waals surface area contributed by atoms with E-state index in [0.29, 0.717) is 27.9 Å². The van der Waals surface area contributed by atoms with Crippen LogP contribution in [0.15, 0.2) is 61.3 Å². The molecule has 2 heterocycles. The second-order valence-electron chi connectivity index (χ2n) is 4.52. The largest absolute Gasteiger partial charge is 0.454 e. The Bertz CT molecular complexity index is 813. The Kier molecular flexibility index (Phi) is 4.44. The number of hydrogen-bond acceptors (Lipinski definition) is 5. The number of pyridine rings is 1. The summed E-state index contributed by atoms with van der Waals surface area (Å²) in [5, 5.41) is 3.07. The Labute approximate surface area is 137 Å². The number of ether oxygens (including phenoxy) is 1. The maximum atomic E-state index is 12.3. The Hall–Kier alpha value is -2.99. The molecular formula is C16H11ClN4O2. The first-order chi connectivity index (χ1) is 11.2. The van der Waals surface area contributed by atoms with E-state index in [0.717, 1.165) is 0 Å². The van der Waals surface area contributed by atoms with Gasteiger partial charge in [0.15, 0.2) is 5.75 Å². The van der Waals surface area contributed by atoms with Gasteiger partial charge in [-0.3, -0.25) is 4.79 Å². The highest BCUT2D eigenvalue weighted by atomic mass is 35.5. The number of carbonyl (C=O) groups is 1. The zero-order valence-electron chi connectivity index (χ0n) is 11.8. The molecular weight excluding hydrogens is 316 g/mol. The van der Waals surface area contributed by atoms with E-state index >= 15 is 0 Å². The van der Waals surface area contributed by atoms with Gasteiger partial charge in [0.2, 0.25) is 0 Å². The molecule has 3 aromatic rings. The molecule has 0 radical (unpaired) electrons. The first-order valence-electron chi connectivity index (χ1n) is 6.66. The van der Waals surface area contributed by atoms with Crippen molar-refractivity contribution in [2.75, 3.05) is 5.32 Å². The van der Waals surface area contributed by atoms with Crippen LogP contribution in [0.2, 0.25) is 5.02 Å². The molecule has 0 aliphatic heterocycles. The number of nitrogens with zero attached hydrogens (tertiary/aromatic N) is 3. The van der Waals surface area contributed by atoms with E-state index in [1.807, 2.05) is 0 Å². The zero-order valence-corrected chi connectivity index (χ0v) is 12.6. The number of anilines is 1. The topological polar surface area (TPSA) is 77.0 Å². The summed E-state index contributed by atoms with van der Waals surface area (Å²) in [6, 6.07) is 9.98. The molecule has 6 nitrogen and oxygen atoms in total. The van der Waals surface area contributed by atoms with E-state index < -0.39 is 0 Å². The fraction of sp³-hybridized carbons (Fsp3) is 0. The first-order valence-corrected chi connectivity index (χ1v) is 7.04. The maximum Gasteiger partial charge on any atom is 0.257 e. The molecule has 0 aliphatic rings. The van der Waals surface area contributed by atoms with Crippen LogP contribution in [0.25, 0.3) is 0 Å². The summed E-state index contributed by atoms with van der Waals surface area (Å²) in [4.78, 5) is 24.0. The molecule has 0 saturated heterocycles. The quantitative estimate of drug-likeness (QED) is 0.793. The molecule has 1 N–H and O–H groups in total. The van der Waals surface area contributed by atoms with Gasteiger partial charge in [-0.15, -0.1) is 0 Å². The van der Waals surface area contributed by atoms with Crippen LogP contribution in [0.3, 0.4) is 0 Å². The van der Waals surface area contributed by atoms with Crippen molar-refractivity contribution in [3.8, 4) is 11.5 Å². The molecule has 23 heavy (non-hydrogen) atoms. The lowest BCUT2D eigenvalue weighted by atomic mass is 10.2. The number of carbonyl (C=O) groups excluding carboxylic acids is 1. The summed E-state index contributed by atoms with van der Waals surface area (Å²) >= 11 is 6.06. The van der Waals surface area contributed by atoms with Crippen molar-refractivity contribution in [3.05, 3.63) is 71.9 Å². The molecule has 0 saturated carbocycles. The number of amides is 1. The minimum Gasteiger partial charge on any atom is -0.454 e. The van der Waals surface area contributed by atoms with Crippen molar-refractivity contribution in [3.63, 3.8) is 0 Å². The van der Waals surface area contributed by atoms with Crippen LogP contribution in [0.5, 0.6) is 11.5 Å². The highest BCUT2D eigenvalue weighted by Gasteiger charge is 2.10. The van der Waals surface area contributed by atoms with Crippen molar-refractivity contribution in [1.29, 1.82) is 0 Å². The molecule has 1 amide bonds. The summed E-state index contributed by atoms with van der Waals surface area (Å²) in [5.41, 5.74) is 0.356. The van der Waals surface area contributed by atoms with Crippen LogP contribution in [0, 0.1) is 0 Å². The SMILES string of the molecule is O=C(Nc1ccccn1)c1cc(Cl)cc(Oc2cncnc2)c1. The summed E-state index contributed by atoms with van der Waals surface area (Å²) in [5.74, 6) is 0.987. The second kappa shape index (κ2) is 6.85. The highest BCUT2D eigenvalue weighted by molar-refractivity contribution is 6.31. The monoisotopic (exact) mass is 326 g/mol. The van der Waals surface area contributed by atoms with E-state index in [1.54, 1.807) is 42.6 Å². The fourth-order valence-corrected chi connectivity index (χ4v) is 2.08. The molecule has 114 valence electrons. The summed E-state index contributed by atoms with van der Waals surface area (Å²) < 4.78 is 5.60. The van der Waals surface area contributed by atoms with E-state index in [2.05, 4.69) is 20.3 Å². The third-order valence-corrected chi connectivity index (χ3v) is 3.03. The summed E-state index contributed by atoms with van der Waals surface area (Å²) in [6.07, 6.45) is 6.02. The van der Waals surface area contributed by atoms with Gasteiger partial charge in [-0.1, -0.05) is 17.7 Å². The van der Waals surface area contributed by atoms with E-state index in [1.165, 1.54) is 18.7 Å². The smallest absolute Gasteiger partial charge is 0.257 e. The Morgan fingerprint density at radius 1 is 1.09 bits per heavy atom. The van der Waals surface area contributed by atoms with E-state index in [9.17, 15) is 4.79 Å². The van der Waals surface area contributed by atoms with Gasteiger partial charge in [0.25, 0.3) is 5.91 Å². The Morgan fingerprint density at radius 2 is 1.91 bits per heavy atom. The lowest BCUT2D eigenvalue weighted by molar-refractivity contribution is 0.102. The minimum atomic E-state index is -0.333. The lowest BCUT2D eigenvalue weighted by Crippen LogP contribution is -2.12. The number of rotatable bonds is 4. The third kappa shape index (κ3) is 4.02. The Morgan fingerprint density at radius 3 is 2.65 bits per heavy atom. The number of nitrogens with one attached hydrogen (secondary N) is 1. The second-order valence-corrected chi connectivity index (χ2v) is 4.96. The van der Waals surface area contributed by atoms with Crippen LogP contribution >= 0.6 is 11.6 Å². The molecule has 7 heteroatoms. The molecule has 1 aromatic carbocycles.